The third-order valence-corrected chi connectivity index (χ3v) is 6.35. The van der Waals surface area contributed by atoms with E-state index in [9.17, 15) is 4.79 Å². The number of carbonyl (C=O) groups excluding carboxylic acids is 1. The molecule has 0 radical (unpaired) electrons. The summed E-state index contributed by atoms with van der Waals surface area (Å²) in [5.41, 5.74) is -0.200. The second kappa shape index (κ2) is 9.27. The van der Waals surface area contributed by atoms with Gasteiger partial charge in [-0.2, -0.15) is 0 Å². The van der Waals surface area contributed by atoms with Crippen molar-refractivity contribution in [2.24, 2.45) is 0 Å². The molecule has 0 saturated carbocycles. The van der Waals surface area contributed by atoms with Crippen molar-refractivity contribution in [2.75, 3.05) is 33.6 Å². The fourth-order valence-electron chi connectivity index (χ4n) is 3.37. The zero-order valence-corrected chi connectivity index (χ0v) is 19.3. The minimum absolute atomic E-state index is 0.107. The van der Waals surface area contributed by atoms with Crippen molar-refractivity contribution in [3.63, 3.8) is 0 Å². The lowest BCUT2D eigenvalue weighted by atomic mass is 10.1. The van der Waals surface area contributed by atoms with Crippen molar-refractivity contribution in [3.05, 3.63) is 47.0 Å². The van der Waals surface area contributed by atoms with E-state index in [4.69, 9.17) is 30.5 Å². The van der Waals surface area contributed by atoms with Crippen molar-refractivity contribution in [1.29, 1.82) is 0 Å². The first-order chi connectivity index (χ1) is 14.3. The minimum atomic E-state index is -1.05. The Bertz CT molecular complexity index is 903. The highest BCUT2D eigenvalue weighted by molar-refractivity contribution is 7.99. The summed E-state index contributed by atoms with van der Waals surface area (Å²) in [5, 5.41) is 0.392. The first kappa shape index (κ1) is 22.4. The normalized spacial score (nSPS) is 16.3. The predicted molar refractivity (Wildman–Crippen MR) is 119 cm³/mol. The number of hydrogen-bond acceptors (Lipinski definition) is 6. The lowest BCUT2D eigenvalue weighted by Gasteiger charge is -2.33. The summed E-state index contributed by atoms with van der Waals surface area (Å²) in [7, 11) is 4.76. The Balaban J connectivity index is 1.89. The van der Waals surface area contributed by atoms with Gasteiger partial charge in [-0.1, -0.05) is 11.6 Å². The quantitative estimate of drug-likeness (QED) is 0.602. The molecule has 162 valence electrons. The Morgan fingerprint density at radius 2 is 1.63 bits per heavy atom. The van der Waals surface area contributed by atoms with Crippen LogP contribution in [0.1, 0.15) is 24.8 Å². The molecule has 1 amide bonds. The van der Waals surface area contributed by atoms with E-state index in [0.717, 1.165) is 11.3 Å². The van der Waals surface area contributed by atoms with Crippen LogP contribution in [0, 0.1) is 0 Å². The molecule has 2 aromatic carbocycles. The number of rotatable bonds is 7. The Morgan fingerprint density at radius 3 is 2.23 bits per heavy atom. The smallest absolute Gasteiger partial charge is 0.267 e. The van der Waals surface area contributed by atoms with Crippen LogP contribution in [0.15, 0.2) is 36.4 Å². The second-order valence-electron chi connectivity index (χ2n) is 7.24. The number of benzene rings is 2. The van der Waals surface area contributed by atoms with Gasteiger partial charge in [0.2, 0.25) is 0 Å². The van der Waals surface area contributed by atoms with Gasteiger partial charge in [0.05, 0.1) is 21.3 Å². The largest absolute Gasteiger partial charge is 0.496 e. The number of methoxy groups -OCH3 is 3. The molecule has 3 rings (SSSR count). The molecule has 1 fully saturated rings. The molecule has 1 atom stereocenters. The molecule has 1 aliphatic rings. The molecular formula is C22H26ClNO5S. The van der Waals surface area contributed by atoms with Crippen LogP contribution in [0.25, 0.3) is 0 Å². The van der Waals surface area contributed by atoms with Crippen LogP contribution >= 0.6 is 23.4 Å². The molecule has 1 heterocycles. The maximum atomic E-state index is 13.5. The zero-order valence-electron chi connectivity index (χ0n) is 17.7. The summed E-state index contributed by atoms with van der Waals surface area (Å²) in [5.74, 6) is 3.09. The van der Waals surface area contributed by atoms with E-state index in [2.05, 4.69) is 0 Å². The second-order valence-corrected chi connectivity index (χ2v) is 8.86. The molecule has 0 N–H and O–H groups in total. The predicted octanol–water partition coefficient (Wildman–Crippen LogP) is 4.80. The molecule has 1 aliphatic heterocycles. The van der Waals surface area contributed by atoms with Crippen molar-refractivity contribution >= 4 is 29.3 Å². The van der Waals surface area contributed by atoms with Crippen LogP contribution in [0.5, 0.6) is 23.0 Å². The monoisotopic (exact) mass is 451 g/mol. The average molecular weight is 452 g/mol. The zero-order chi connectivity index (χ0) is 21.9. The van der Waals surface area contributed by atoms with E-state index in [1.165, 1.54) is 0 Å². The highest BCUT2D eigenvalue weighted by Gasteiger charge is 2.41. The summed E-state index contributed by atoms with van der Waals surface area (Å²) >= 11 is 7.62. The van der Waals surface area contributed by atoms with Gasteiger partial charge in [-0.15, -0.1) is 11.8 Å². The lowest BCUT2D eigenvalue weighted by Crippen LogP contribution is -2.48. The summed E-state index contributed by atoms with van der Waals surface area (Å²) in [6, 6.07) is 10.6. The minimum Gasteiger partial charge on any atom is -0.496 e. The van der Waals surface area contributed by atoms with E-state index >= 15 is 0 Å². The molecule has 8 heteroatoms. The molecule has 6 nitrogen and oxygen atoms in total. The SMILES string of the molecule is COc1cc(OC)c(C2SCCN2C(=O)C(C)(C)Oc2ccc(Cl)cc2)cc1OC. The molecule has 30 heavy (non-hydrogen) atoms. The van der Waals surface area contributed by atoms with Gasteiger partial charge in [0.15, 0.2) is 17.1 Å². The molecule has 0 aliphatic carbocycles. The first-order valence-corrected chi connectivity index (χ1v) is 10.9. The van der Waals surface area contributed by atoms with Gasteiger partial charge in [-0.25, -0.2) is 0 Å². The Hall–Kier alpha value is -2.25. The Morgan fingerprint density at radius 1 is 1.03 bits per heavy atom. The maximum Gasteiger partial charge on any atom is 0.267 e. The first-order valence-electron chi connectivity index (χ1n) is 9.48. The van der Waals surface area contributed by atoms with Gasteiger partial charge in [-0.3, -0.25) is 4.79 Å². The van der Waals surface area contributed by atoms with E-state index < -0.39 is 5.60 Å². The Kier molecular flexibility index (Phi) is 6.93. The number of hydrogen-bond donors (Lipinski definition) is 0. The molecule has 0 bridgehead atoms. The fraction of sp³-hybridized carbons (Fsp3) is 0.409. The lowest BCUT2D eigenvalue weighted by molar-refractivity contribution is -0.145. The Labute approximate surface area is 186 Å². The van der Waals surface area contributed by atoms with Gasteiger partial charge in [0.1, 0.15) is 16.9 Å². The number of amides is 1. The fourth-order valence-corrected chi connectivity index (χ4v) is 4.76. The highest BCUT2D eigenvalue weighted by Crippen LogP contribution is 2.46. The third-order valence-electron chi connectivity index (χ3n) is 4.86. The number of carbonyl (C=O) groups is 1. The van der Waals surface area contributed by atoms with Crippen molar-refractivity contribution < 1.29 is 23.7 Å². The third kappa shape index (κ3) is 4.57. The van der Waals surface area contributed by atoms with Crippen LogP contribution in [0.2, 0.25) is 5.02 Å². The number of ether oxygens (including phenoxy) is 4. The van der Waals surface area contributed by atoms with Crippen LogP contribution < -0.4 is 18.9 Å². The summed E-state index contributed by atoms with van der Waals surface area (Å²) in [4.78, 5) is 15.3. The molecule has 0 spiro atoms. The van der Waals surface area contributed by atoms with E-state index in [1.54, 1.807) is 77.3 Å². The van der Waals surface area contributed by atoms with E-state index in [0.29, 0.717) is 34.6 Å². The molecular weight excluding hydrogens is 426 g/mol. The summed E-state index contributed by atoms with van der Waals surface area (Å²) in [6.45, 7) is 4.16. The van der Waals surface area contributed by atoms with Crippen molar-refractivity contribution in [3.8, 4) is 23.0 Å². The van der Waals surface area contributed by atoms with E-state index in [1.807, 2.05) is 11.0 Å². The summed E-state index contributed by atoms with van der Waals surface area (Å²) < 4.78 is 22.4. The topological polar surface area (TPSA) is 57.2 Å². The molecule has 2 aromatic rings. The van der Waals surface area contributed by atoms with Gasteiger partial charge in [0, 0.05) is 29.0 Å². The van der Waals surface area contributed by atoms with Crippen LogP contribution in [-0.4, -0.2) is 50.0 Å². The van der Waals surface area contributed by atoms with Crippen molar-refractivity contribution in [2.45, 2.75) is 24.8 Å². The van der Waals surface area contributed by atoms with Crippen LogP contribution in [0.4, 0.5) is 0 Å². The van der Waals surface area contributed by atoms with Crippen LogP contribution in [0.3, 0.4) is 0 Å². The van der Waals surface area contributed by atoms with Gasteiger partial charge in [-0.05, 0) is 44.2 Å². The van der Waals surface area contributed by atoms with Gasteiger partial charge < -0.3 is 23.8 Å². The molecule has 1 unspecified atom stereocenters. The standard InChI is InChI=1S/C22H26ClNO5S/c1-22(2,29-15-8-6-14(23)7-9-15)21(25)24-10-11-30-20(24)16-12-18(27-4)19(28-5)13-17(16)26-3/h6-9,12-13,20H,10-11H2,1-5H3. The summed E-state index contributed by atoms with van der Waals surface area (Å²) in [6.07, 6.45) is 0. The van der Waals surface area contributed by atoms with Crippen molar-refractivity contribution in [1.82, 2.24) is 4.90 Å². The number of halogens is 1. The number of nitrogens with zero attached hydrogens (tertiary/aromatic N) is 1. The van der Waals surface area contributed by atoms with E-state index in [-0.39, 0.29) is 11.3 Å². The maximum absolute atomic E-state index is 13.5. The molecule has 0 aromatic heterocycles. The van der Waals surface area contributed by atoms with Gasteiger partial charge >= 0.3 is 0 Å². The highest BCUT2D eigenvalue weighted by atomic mass is 35.5. The molecule has 1 saturated heterocycles. The average Bonchev–Trinajstić information content (AvgIpc) is 3.23. The van der Waals surface area contributed by atoms with Crippen LogP contribution in [-0.2, 0) is 4.79 Å². The number of thioether (sulfide) groups is 1. The van der Waals surface area contributed by atoms with Gasteiger partial charge in [0.25, 0.3) is 5.91 Å².